The van der Waals surface area contributed by atoms with Crippen molar-refractivity contribution in [2.75, 3.05) is 5.73 Å². The van der Waals surface area contributed by atoms with E-state index in [-0.39, 0.29) is 5.82 Å². The van der Waals surface area contributed by atoms with Crippen LogP contribution in [0.2, 0.25) is 0 Å². The highest BCUT2D eigenvalue weighted by atomic mass is 19.1. The Morgan fingerprint density at radius 1 is 1.35 bits per heavy atom. The molecule has 3 aromatic rings. The molecule has 4 nitrogen and oxygen atoms in total. The van der Waals surface area contributed by atoms with Crippen LogP contribution in [0.4, 0.5) is 10.2 Å². The summed E-state index contributed by atoms with van der Waals surface area (Å²) >= 11 is 0. The zero-order valence-electron chi connectivity index (χ0n) is 9.14. The maximum Gasteiger partial charge on any atom is 0.143 e. The van der Waals surface area contributed by atoms with Crippen LogP contribution in [0.15, 0.2) is 34.9 Å². The standard InChI is InChI=1S/C12H10FN3O/c1-16-11(14)6-9(15-16)7-2-3-10-8(12(7)13)4-5-17-10/h2-6H,14H2,1H3. The number of fused-ring (bicyclic) bond motifs is 1. The molecule has 2 heterocycles. The molecule has 5 heteroatoms. The predicted octanol–water partition coefficient (Wildman–Crippen LogP) is 2.55. The second kappa shape index (κ2) is 3.35. The Balaban J connectivity index is 2.26. The van der Waals surface area contributed by atoms with Crippen LogP contribution in [0, 0.1) is 5.82 Å². The number of benzene rings is 1. The first kappa shape index (κ1) is 9.89. The monoisotopic (exact) mass is 231 g/mol. The van der Waals surface area contributed by atoms with Crippen molar-refractivity contribution in [1.82, 2.24) is 9.78 Å². The van der Waals surface area contributed by atoms with Crippen LogP contribution in [0.3, 0.4) is 0 Å². The number of hydrogen-bond donors (Lipinski definition) is 1. The average Bonchev–Trinajstić information content (AvgIpc) is 2.88. The second-order valence-corrected chi connectivity index (χ2v) is 3.84. The lowest BCUT2D eigenvalue weighted by molar-refractivity contribution is 0.611. The fraction of sp³-hybridized carbons (Fsp3) is 0.0833. The van der Waals surface area contributed by atoms with E-state index in [4.69, 9.17) is 10.2 Å². The van der Waals surface area contributed by atoms with E-state index in [9.17, 15) is 4.39 Å². The summed E-state index contributed by atoms with van der Waals surface area (Å²) in [6.45, 7) is 0. The molecule has 0 atom stereocenters. The quantitative estimate of drug-likeness (QED) is 0.700. The molecule has 0 unspecified atom stereocenters. The molecule has 0 spiro atoms. The smallest absolute Gasteiger partial charge is 0.143 e. The van der Waals surface area contributed by atoms with E-state index >= 15 is 0 Å². The van der Waals surface area contributed by atoms with E-state index in [2.05, 4.69) is 5.10 Å². The van der Waals surface area contributed by atoms with Crippen molar-refractivity contribution < 1.29 is 8.81 Å². The molecule has 0 aliphatic carbocycles. The van der Waals surface area contributed by atoms with Gasteiger partial charge in [-0.3, -0.25) is 4.68 Å². The number of furan rings is 1. The van der Waals surface area contributed by atoms with Crippen molar-refractivity contribution in [2.45, 2.75) is 0 Å². The summed E-state index contributed by atoms with van der Waals surface area (Å²) in [7, 11) is 1.72. The van der Waals surface area contributed by atoms with Crippen molar-refractivity contribution in [1.29, 1.82) is 0 Å². The molecule has 17 heavy (non-hydrogen) atoms. The van der Waals surface area contributed by atoms with Crippen LogP contribution in [-0.4, -0.2) is 9.78 Å². The van der Waals surface area contributed by atoms with Gasteiger partial charge in [-0.05, 0) is 18.2 Å². The van der Waals surface area contributed by atoms with Crippen LogP contribution >= 0.6 is 0 Å². The van der Waals surface area contributed by atoms with Gasteiger partial charge in [-0.15, -0.1) is 0 Å². The number of nitrogens with two attached hydrogens (primary N) is 1. The molecular weight excluding hydrogens is 221 g/mol. The zero-order chi connectivity index (χ0) is 12.0. The highest BCUT2D eigenvalue weighted by molar-refractivity contribution is 5.84. The fourth-order valence-electron chi connectivity index (χ4n) is 1.82. The number of aromatic nitrogens is 2. The lowest BCUT2D eigenvalue weighted by Crippen LogP contribution is -1.96. The van der Waals surface area contributed by atoms with Gasteiger partial charge in [-0.25, -0.2) is 4.39 Å². The van der Waals surface area contributed by atoms with Gasteiger partial charge in [-0.2, -0.15) is 5.10 Å². The lowest BCUT2D eigenvalue weighted by Gasteiger charge is -1.99. The number of nitrogens with zero attached hydrogens (tertiary/aromatic N) is 2. The zero-order valence-corrected chi connectivity index (χ0v) is 9.14. The summed E-state index contributed by atoms with van der Waals surface area (Å²) in [5.74, 6) is 0.154. The molecule has 2 N–H and O–H groups in total. The third kappa shape index (κ3) is 1.39. The molecule has 1 aromatic carbocycles. The van der Waals surface area contributed by atoms with Crippen molar-refractivity contribution in [2.24, 2.45) is 7.05 Å². The van der Waals surface area contributed by atoms with E-state index in [1.165, 1.54) is 10.9 Å². The highest BCUT2D eigenvalue weighted by Gasteiger charge is 2.13. The fourth-order valence-corrected chi connectivity index (χ4v) is 1.82. The first-order valence-corrected chi connectivity index (χ1v) is 5.12. The molecule has 0 aliphatic rings. The molecule has 0 aliphatic heterocycles. The maximum absolute atomic E-state index is 14.2. The number of hydrogen-bond acceptors (Lipinski definition) is 3. The number of rotatable bonds is 1. The Hall–Kier alpha value is -2.30. The van der Waals surface area contributed by atoms with E-state index < -0.39 is 0 Å². The van der Waals surface area contributed by atoms with Crippen molar-refractivity contribution >= 4 is 16.8 Å². The van der Waals surface area contributed by atoms with E-state index in [0.717, 1.165) is 0 Å². The van der Waals surface area contributed by atoms with Crippen LogP contribution in [0.25, 0.3) is 22.2 Å². The first-order chi connectivity index (χ1) is 8.16. The summed E-state index contributed by atoms with van der Waals surface area (Å²) in [6, 6.07) is 6.60. The molecule has 0 bridgehead atoms. The molecule has 0 saturated heterocycles. The Morgan fingerprint density at radius 2 is 2.18 bits per heavy atom. The van der Waals surface area contributed by atoms with E-state index in [0.29, 0.717) is 28.0 Å². The third-order valence-electron chi connectivity index (χ3n) is 2.76. The average molecular weight is 231 g/mol. The molecule has 3 rings (SSSR count). The predicted molar refractivity (Wildman–Crippen MR) is 62.8 cm³/mol. The largest absolute Gasteiger partial charge is 0.464 e. The van der Waals surface area contributed by atoms with E-state index in [1.807, 2.05) is 0 Å². The first-order valence-electron chi connectivity index (χ1n) is 5.12. The molecule has 0 radical (unpaired) electrons. The summed E-state index contributed by atoms with van der Waals surface area (Å²) in [5.41, 5.74) is 7.14. The molecule has 86 valence electrons. The van der Waals surface area contributed by atoms with Gasteiger partial charge in [0.05, 0.1) is 17.3 Å². The minimum Gasteiger partial charge on any atom is -0.464 e. The van der Waals surface area contributed by atoms with Crippen LogP contribution in [-0.2, 0) is 7.05 Å². The van der Waals surface area contributed by atoms with Gasteiger partial charge in [0.15, 0.2) is 0 Å². The number of aryl methyl sites for hydroxylation is 1. The Morgan fingerprint density at radius 3 is 2.88 bits per heavy atom. The van der Waals surface area contributed by atoms with E-state index in [1.54, 1.807) is 31.3 Å². The maximum atomic E-state index is 14.2. The Kier molecular flexibility index (Phi) is 1.95. The van der Waals surface area contributed by atoms with Gasteiger partial charge in [0.25, 0.3) is 0 Å². The lowest BCUT2D eigenvalue weighted by atomic mass is 10.1. The molecule has 0 fully saturated rings. The van der Waals surface area contributed by atoms with Crippen molar-refractivity contribution in [3.05, 3.63) is 36.3 Å². The second-order valence-electron chi connectivity index (χ2n) is 3.84. The summed E-state index contributed by atoms with van der Waals surface area (Å²) in [5, 5.41) is 4.60. The third-order valence-corrected chi connectivity index (χ3v) is 2.76. The van der Waals surface area contributed by atoms with Crippen molar-refractivity contribution in [3.8, 4) is 11.3 Å². The van der Waals surface area contributed by atoms with Gasteiger partial charge in [0, 0.05) is 18.7 Å². The summed E-state index contributed by atoms with van der Waals surface area (Å²) < 4.78 is 20.8. The van der Waals surface area contributed by atoms with Crippen LogP contribution < -0.4 is 5.73 Å². The van der Waals surface area contributed by atoms with Crippen LogP contribution in [0.5, 0.6) is 0 Å². The normalized spacial score (nSPS) is 11.2. The molecular formula is C12H10FN3O. The molecule has 0 saturated carbocycles. The van der Waals surface area contributed by atoms with Gasteiger partial charge in [0.2, 0.25) is 0 Å². The topological polar surface area (TPSA) is 57.0 Å². The number of anilines is 1. The van der Waals surface area contributed by atoms with Gasteiger partial charge in [0.1, 0.15) is 17.2 Å². The molecule has 2 aromatic heterocycles. The molecule has 0 amide bonds. The van der Waals surface area contributed by atoms with Crippen molar-refractivity contribution in [3.63, 3.8) is 0 Å². The summed E-state index contributed by atoms with van der Waals surface area (Å²) in [6.07, 6.45) is 1.46. The highest BCUT2D eigenvalue weighted by Crippen LogP contribution is 2.29. The van der Waals surface area contributed by atoms with Gasteiger partial charge >= 0.3 is 0 Å². The van der Waals surface area contributed by atoms with Gasteiger partial charge in [-0.1, -0.05) is 0 Å². The number of halogens is 1. The summed E-state index contributed by atoms with van der Waals surface area (Å²) in [4.78, 5) is 0. The Labute approximate surface area is 96.4 Å². The van der Waals surface area contributed by atoms with Crippen LogP contribution in [0.1, 0.15) is 0 Å². The van der Waals surface area contributed by atoms with Gasteiger partial charge < -0.3 is 10.2 Å². The number of nitrogen functional groups attached to an aromatic ring is 1. The minimum absolute atomic E-state index is 0.339. The minimum atomic E-state index is -0.339. The Bertz CT molecular complexity index is 679. The SMILES string of the molecule is Cn1nc(-c2ccc3occc3c2F)cc1N.